The SMILES string of the molecule is N#Cc1ccnc(N2CCC(C3CCCN3)CC2)n1. The highest BCUT2D eigenvalue weighted by atomic mass is 15.3. The Morgan fingerprint density at radius 2 is 2.16 bits per heavy atom. The van der Waals surface area contributed by atoms with E-state index in [9.17, 15) is 0 Å². The highest BCUT2D eigenvalue weighted by molar-refractivity contribution is 5.34. The molecule has 5 heteroatoms. The number of piperidine rings is 1. The van der Waals surface area contributed by atoms with Crippen LogP contribution >= 0.6 is 0 Å². The number of anilines is 1. The molecule has 2 aliphatic rings. The Kier molecular flexibility index (Phi) is 3.60. The maximum Gasteiger partial charge on any atom is 0.226 e. The minimum Gasteiger partial charge on any atom is -0.341 e. The van der Waals surface area contributed by atoms with Gasteiger partial charge in [-0.2, -0.15) is 5.26 Å². The molecule has 5 nitrogen and oxygen atoms in total. The number of nitrogens with one attached hydrogen (secondary N) is 1. The van der Waals surface area contributed by atoms with E-state index >= 15 is 0 Å². The number of hydrogen-bond donors (Lipinski definition) is 1. The van der Waals surface area contributed by atoms with Gasteiger partial charge in [0.2, 0.25) is 5.95 Å². The molecule has 0 saturated carbocycles. The molecule has 2 fully saturated rings. The molecule has 1 aromatic rings. The van der Waals surface area contributed by atoms with Gasteiger partial charge >= 0.3 is 0 Å². The molecule has 2 aliphatic heterocycles. The van der Waals surface area contributed by atoms with Gasteiger partial charge in [0.15, 0.2) is 0 Å². The van der Waals surface area contributed by atoms with Crippen molar-refractivity contribution in [1.82, 2.24) is 15.3 Å². The predicted octanol–water partition coefficient (Wildman–Crippen LogP) is 1.32. The zero-order chi connectivity index (χ0) is 13.1. The van der Waals surface area contributed by atoms with E-state index in [0.29, 0.717) is 17.7 Å². The van der Waals surface area contributed by atoms with E-state index < -0.39 is 0 Å². The molecule has 2 saturated heterocycles. The smallest absolute Gasteiger partial charge is 0.226 e. The summed E-state index contributed by atoms with van der Waals surface area (Å²) in [6.45, 7) is 3.17. The molecular formula is C14H19N5. The highest BCUT2D eigenvalue weighted by Gasteiger charge is 2.29. The summed E-state index contributed by atoms with van der Waals surface area (Å²) in [5, 5.41) is 12.5. The third kappa shape index (κ3) is 2.69. The summed E-state index contributed by atoms with van der Waals surface area (Å²) in [7, 11) is 0. The molecular weight excluding hydrogens is 238 g/mol. The third-order valence-electron chi connectivity index (χ3n) is 4.25. The van der Waals surface area contributed by atoms with Crippen molar-refractivity contribution < 1.29 is 0 Å². The maximum absolute atomic E-state index is 8.88. The van der Waals surface area contributed by atoms with Crippen LogP contribution < -0.4 is 10.2 Å². The zero-order valence-electron chi connectivity index (χ0n) is 11.0. The molecule has 3 heterocycles. The summed E-state index contributed by atoms with van der Waals surface area (Å²) in [4.78, 5) is 10.8. The van der Waals surface area contributed by atoms with E-state index in [4.69, 9.17) is 5.26 Å². The number of hydrogen-bond acceptors (Lipinski definition) is 5. The lowest BCUT2D eigenvalue weighted by Crippen LogP contribution is -2.41. The van der Waals surface area contributed by atoms with E-state index in [1.807, 2.05) is 0 Å². The molecule has 19 heavy (non-hydrogen) atoms. The summed E-state index contributed by atoms with van der Waals surface area (Å²) in [5.41, 5.74) is 0.449. The van der Waals surface area contributed by atoms with Crippen molar-refractivity contribution in [2.45, 2.75) is 31.7 Å². The van der Waals surface area contributed by atoms with Gasteiger partial charge in [0.1, 0.15) is 11.8 Å². The summed E-state index contributed by atoms with van der Waals surface area (Å²) < 4.78 is 0. The van der Waals surface area contributed by atoms with Crippen LogP contribution in [0, 0.1) is 17.2 Å². The van der Waals surface area contributed by atoms with Crippen molar-refractivity contribution in [2.24, 2.45) is 5.92 Å². The standard InChI is InChI=1S/C14H19N5/c15-10-12-3-7-17-14(18-12)19-8-4-11(5-9-19)13-2-1-6-16-13/h3,7,11,13,16H,1-2,4-6,8-9H2. The van der Waals surface area contributed by atoms with Crippen molar-refractivity contribution in [3.63, 3.8) is 0 Å². The van der Waals surface area contributed by atoms with Gasteiger partial charge in [0.25, 0.3) is 0 Å². The molecule has 0 aliphatic carbocycles. The summed E-state index contributed by atoms with van der Waals surface area (Å²) >= 11 is 0. The Bertz CT molecular complexity index is 467. The first-order chi connectivity index (χ1) is 9.36. The molecule has 0 amide bonds. The molecule has 0 spiro atoms. The van der Waals surface area contributed by atoms with E-state index in [-0.39, 0.29) is 0 Å². The van der Waals surface area contributed by atoms with Gasteiger partial charge in [-0.15, -0.1) is 0 Å². The topological polar surface area (TPSA) is 64.8 Å². The number of rotatable bonds is 2. The van der Waals surface area contributed by atoms with Crippen molar-refractivity contribution in [2.75, 3.05) is 24.5 Å². The Morgan fingerprint density at radius 3 is 2.84 bits per heavy atom. The largest absolute Gasteiger partial charge is 0.341 e. The summed E-state index contributed by atoms with van der Waals surface area (Å²) in [5.74, 6) is 1.50. The number of nitriles is 1. The second-order valence-corrected chi connectivity index (χ2v) is 5.38. The number of nitrogens with zero attached hydrogens (tertiary/aromatic N) is 4. The Balaban J connectivity index is 1.61. The predicted molar refractivity (Wildman–Crippen MR) is 72.7 cm³/mol. The average molecular weight is 257 g/mol. The quantitative estimate of drug-likeness (QED) is 0.865. The fourth-order valence-electron chi connectivity index (χ4n) is 3.18. The van der Waals surface area contributed by atoms with E-state index in [1.165, 1.54) is 32.2 Å². The molecule has 1 N–H and O–H groups in total. The number of aromatic nitrogens is 2. The fourth-order valence-corrected chi connectivity index (χ4v) is 3.18. The Labute approximate surface area is 113 Å². The van der Waals surface area contributed by atoms with Crippen LogP contribution in [0.3, 0.4) is 0 Å². The van der Waals surface area contributed by atoms with Gasteiger partial charge in [-0.05, 0) is 44.2 Å². The van der Waals surface area contributed by atoms with Crippen molar-refractivity contribution in [3.8, 4) is 6.07 Å². The van der Waals surface area contributed by atoms with Gasteiger partial charge in [0, 0.05) is 25.3 Å². The minimum atomic E-state index is 0.449. The van der Waals surface area contributed by atoms with Crippen LogP contribution in [0.1, 0.15) is 31.4 Å². The van der Waals surface area contributed by atoms with E-state index in [2.05, 4.69) is 26.3 Å². The second-order valence-electron chi connectivity index (χ2n) is 5.38. The fraction of sp³-hybridized carbons (Fsp3) is 0.643. The summed E-state index contributed by atoms with van der Waals surface area (Å²) in [6, 6.07) is 4.44. The van der Waals surface area contributed by atoms with Crippen LogP contribution in [0.2, 0.25) is 0 Å². The third-order valence-corrected chi connectivity index (χ3v) is 4.25. The average Bonchev–Trinajstić information content (AvgIpc) is 3.02. The Morgan fingerprint density at radius 1 is 1.32 bits per heavy atom. The zero-order valence-corrected chi connectivity index (χ0v) is 11.0. The molecule has 100 valence electrons. The van der Waals surface area contributed by atoms with Gasteiger partial charge in [-0.3, -0.25) is 0 Å². The normalized spacial score (nSPS) is 24.4. The van der Waals surface area contributed by atoms with Crippen LogP contribution in [-0.4, -0.2) is 35.6 Å². The molecule has 3 rings (SSSR count). The first-order valence-corrected chi connectivity index (χ1v) is 7.08. The van der Waals surface area contributed by atoms with Crippen LogP contribution in [-0.2, 0) is 0 Å². The first kappa shape index (κ1) is 12.4. The van der Waals surface area contributed by atoms with Crippen LogP contribution in [0.4, 0.5) is 5.95 Å². The minimum absolute atomic E-state index is 0.449. The van der Waals surface area contributed by atoms with E-state index in [1.54, 1.807) is 12.3 Å². The van der Waals surface area contributed by atoms with Gasteiger partial charge < -0.3 is 10.2 Å². The molecule has 0 radical (unpaired) electrons. The Hall–Kier alpha value is -1.67. The van der Waals surface area contributed by atoms with Gasteiger partial charge in [-0.1, -0.05) is 0 Å². The molecule has 0 aromatic carbocycles. The van der Waals surface area contributed by atoms with Crippen LogP contribution in [0.25, 0.3) is 0 Å². The van der Waals surface area contributed by atoms with Crippen LogP contribution in [0.15, 0.2) is 12.3 Å². The van der Waals surface area contributed by atoms with Crippen molar-refractivity contribution >= 4 is 5.95 Å². The molecule has 0 bridgehead atoms. The lowest BCUT2D eigenvalue weighted by atomic mass is 9.89. The first-order valence-electron chi connectivity index (χ1n) is 7.08. The summed E-state index contributed by atoms with van der Waals surface area (Å²) in [6.07, 6.45) is 6.70. The maximum atomic E-state index is 8.88. The lowest BCUT2D eigenvalue weighted by molar-refractivity contribution is 0.317. The van der Waals surface area contributed by atoms with Gasteiger partial charge in [0.05, 0.1) is 0 Å². The van der Waals surface area contributed by atoms with Crippen molar-refractivity contribution in [3.05, 3.63) is 18.0 Å². The molecule has 1 unspecified atom stereocenters. The monoisotopic (exact) mass is 257 g/mol. The van der Waals surface area contributed by atoms with Crippen LogP contribution in [0.5, 0.6) is 0 Å². The highest BCUT2D eigenvalue weighted by Crippen LogP contribution is 2.26. The van der Waals surface area contributed by atoms with Crippen molar-refractivity contribution in [1.29, 1.82) is 5.26 Å². The second kappa shape index (κ2) is 5.54. The molecule has 1 aromatic heterocycles. The van der Waals surface area contributed by atoms with Gasteiger partial charge in [-0.25, -0.2) is 9.97 Å². The lowest BCUT2D eigenvalue weighted by Gasteiger charge is -2.34. The van der Waals surface area contributed by atoms with E-state index in [0.717, 1.165) is 19.0 Å². The molecule has 1 atom stereocenters.